The Bertz CT molecular complexity index is 625. The fourth-order valence-corrected chi connectivity index (χ4v) is 1.57. The van der Waals surface area contributed by atoms with Crippen LogP contribution in [0.15, 0.2) is 30.3 Å². The number of nitrogens with two attached hydrogens (primary N) is 1. The van der Waals surface area contributed by atoms with E-state index in [9.17, 15) is 9.59 Å². The fraction of sp³-hybridized carbons (Fsp3) is 0.0833. The summed E-state index contributed by atoms with van der Waals surface area (Å²) in [6.07, 6.45) is 0. The molecule has 0 spiro atoms. The first kappa shape index (κ1) is 11.8. The first-order valence-corrected chi connectivity index (χ1v) is 5.23. The molecular weight excluding hydrogens is 234 g/mol. The van der Waals surface area contributed by atoms with Gasteiger partial charge in [-0.1, -0.05) is 18.2 Å². The predicted molar refractivity (Wildman–Crippen MR) is 66.1 cm³/mol. The topological polar surface area (TPSA) is 105 Å². The van der Waals surface area contributed by atoms with E-state index < -0.39 is 18.4 Å². The zero-order valence-corrected chi connectivity index (χ0v) is 9.38. The van der Waals surface area contributed by atoms with Gasteiger partial charge in [-0.2, -0.15) is 0 Å². The lowest BCUT2D eigenvalue weighted by Crippen LogP contribution is -2.29. The van der Waals surface area contributed by atoms with Crippen molar-refractivity contribution in [3.63, 3.8) is 0 Å². The Morgan fingerprint density at radius 2 is 2.06 bits per heavy atom. The Morgan fingerprint density at radius 1 is 1.33 bits per heavy atom. The highest BCUT2D eigenvalue weighted by atomic mass is 16.4. The minimum Gasteiger partial charge on any atom is -0.480 e. The summed E-state index contributed by atoms with van der Waals surface area (Å²) in [5, 5.41) is 11.5. The molecule has 1 aromatic carbocycles. The van der Waals surface area contributed by atoms with Gasteiger partial charge in [0.05, 0.1) is 5.52 Å². The largest absolute Gasteiger partial charge is 0.480 e. The van der Waals surface area contributed by atoms with E-state index in [-0.39, 0.29) is 5.69 Å². The molecule has 6 nitrogen and oxygen atoms in total. The van der Waals surface area contributed by atoms with Crippen molar-refractivity contribution >= 4 is 28.5 Å². The van der Waals surface area contributed by atoms with Crippen LogP contribution in [0.3, 0.4) is 0 Å². The lowest BCUT2D eigenvalue weighted by molar-refractivity contribution is -0.135. The number of hydrogen-bond donors (Lipinski definition) is 3. The Labute approximate surface area is 102 Å². The third-order valence-electron chi connectivity index (χ3n) is 2.38. The molecule has 0 saturated heterocycles. The molecule has 0 saturated carbocycles. The van der Waals surface area contributed by atoms with E-state index in [1.807, 2.05) is 6.07 Å². The van der Waals surface area contributed by atoms with Crippen LogP contribution < -0.4 is 11.1 Å². The molecule has 0 aliphatic heterocycles. The third kappa shape index (κ3) is 2.37. The monoisotopic (exact) mass is 245 g/mol. The molecule has 1 amide bonds. The van der Waals surface area contributed by atoms with Gasteiger partial charge in [-0.25, -0.2) is 4.98 Å². The number of carbonyl (C=O) groups is 2. The number of pyridine rings is 1. The number of aromatic nitrogens is 1. The van der Waals surface area contributed by atoms with E-state index in [2.05, 4.69) is 10.3 Å². The summed E-state index contributed by atoms with van der Waals surface area (Å²) in [5.41, 5.74) is 6.95. The van der Waals surface area contributed by atoms with Crippen molar-refractivity contribution in [3.05, 3.63) is 36.0 Å². The summed E-state index contributed by atoms with van der Waals surface area (Å²) in [4.78, 5) is 26.1. The second kappa shape index (κ2) is 4.70. The number of nitrogens with one attached hydrogen (secondary N) is 1. The maximum Gasteiger partial charge on any atom is 0.322 e. The van der Waals surface area contributed by atoms with E-state index >= 15 is 0 Å². The standard InChI is InChI=1S/C12H11N3O3/c13-8-5-10(12(18)14-6-11(16)17)15-9-4-2-1-3-7(8)9/h1-5H,6H2,(H2,13,15)(H,14,18)(H,16,17). The van der Waals surface area contributed by atoms with E-state index in [0.717, 1.165) is 5.39 Å². The minimum atomic E-state index is -1.11. The molecule has 0 aliphatic carbocycles. The zero-order valence-electron chi connectivity index (χ0n) is 9.38. The molecule has 92 valence electrons. The lowest BCUT2D eigenvalue weighted by Gasteiger charge is -2.06. The number of aliphatic carboxylic acids is 1. The molecule has 0 aliphatic rings. The van der Waals surface area contributed by atoms with E-state index in [4.69, 9.17) is 10.8 Å². The Hall–Kier alpha value is -2.63. The number of carboxylic acid groups (broad SMARTS) is 1. The molecule has 2 rings (SSSR count). The Balaban J connectivity index is 2.34. The zero-order chi connectivity index (χ0) is 13.1. The number of carboxylic acids is 1. The number of nitrogen functional groups attached to an aromatic ring is 1. The van der Waals surface area contributed by atoms with Gasteiger partial charge >= 0.3 is 5.97 Å². The molecule has 0 atom stereocenters. The number of rotatable bonds is 3. The van der Waals surface area contributed by atoms with Gasteiger partial charge in [-0.15, -0.1) is 0 Å². The fourth-order valence-electron chi connectivity index (χ4n) is 1.57. The highest BCUT2D eigenvalue weighted by Gasteiger charge is 2.11. The lowest BCUT2D eigenvalue weighted by atomic mass is 10.1. The smallest absolute Gasteiger partial charge is 0.322 e. The van der Waals surface area contributed by atoms with Crippen LogP contribution in [0.2, 0.25) is 0 Å². The van der Waals surface area contributed by atoms with Crippen LogP contribution in [0.5, 0.6) is 0 Å². The number of hydrogen-bond acceptors (Lipinski definition) is 4. The molecule has 4 N–H and O–H groups in total. The quantitative estimate of drug-likeness (QED) is 0.735. The maximum atomic E-state index is 11.7. The molecule has 6 heteroatoms. The van der Waals surface area contributed by atoms with Gasteiger partial charge in [-0.3, -0.25) is 9.59 Å². The average molecular weight is 245 g/mol. The molecule has 0 bridgehead atoms. The molecule has 0 unspecified atom stereocenters. The van der Waals surface area contributed by atoms with Crippen LogP contribution in [-0.2, 0) is 4.79 Å². The van der Waals surface area contributed by atoms with Crippen LogP contribution in [0, 0.1) is 0 Å². The number of nitrogens with zero attached hydrogens (tertiary/aromatic N) is 1. The predicted octanol–water partition coefficient (Wildman–Crippen LogP) is 0.631. The van der Waals surface area contributed by atoms with Crippen LogP contribution >= 0.6 is 0 Å². The maximum absolute atomic E-state index is 11.7. The van der Waals surface area contributed by atoms with Crippen molar-refractivity contribution in [2.24, 2.45) is 0 Å². The summed E-state index contributed by atoms with van der Waals surface area (Å²) in [5.74, 6) is -1.67. The molecule has 1 heterocycles. The first-order chi connectivity index (χ1) is 8.58. The number of para-hydroxylation sites is 1. The summed E-state index contributed by atoms with van der Waals surface area (Å²) in [6, 6.07) is 8.58. The summed E-state index contributed by atoms with van der Waals surface area (Å²) in [7, 11) is 0. The molecule has 0 fully saturated rings. The molecule has 2 aromatic rings. The number of benzene rings is 1. The van der Waals surface area contributed by atoms with Crippen LogP contribution in [-0.4, -0.2) is 28.5 Å². The van der Waals surface area contributed by atoms with Gasteiger partial charge in [0.15, 0.2) is 0 Å². The van der Waals surface area contributed by atoms with Gasteiger partial charge in [0, 0.05) is 11.1 Å². The Kier molecular flexibility index (Phi) is 3.09. The van der Waals surface area contributed by atoms with Gasteiger partial charge in [0.2, 0.25) is 0 Å². The van der Waals surface area contributed by atoms with Crippen LogP contribution in [0.1, 0.15) is 10.5 Å². The number of fused-ring (bicyclic) bond motifs is 1. The van der Waals surface area contributed by atoms with Crippen molar-refractivity contribution in [1.82, 2.24) is 10.3 Å². The van der Waals surface area contributed by atoms with E-state index in [0.29, 0.717) is 11.2 Å². The minimum absolute atomic E-state index is 0.104. The molecular formula is C12H11N3O3. The molecule has 0 radical (unpaired) electrons. The third-order valence-corrected chi connectivity index (χ3v) is 2.38. The number of carbonyl (C=O) groups excluding carboxylic acids is 1. The van der Waals surface area contributed by atoms with Crippen molar-refractivity contribution in [2.45, 2.75) is 0 Å². The van der Waals surface area contributed by atoms with Crippen LogP contribution in [0.25, 0.3) is 10.9 Å². The van der Waals surface area contributed by atoms with Crippen molar-refractivity contribution in [1.29, 1.82) is 0 Å². The SMILES string of the molecule is Nc1cc(C(=O)NCC(=O)O)nc2ccccc12. The van der Waals surface area contributed by atoms with Gasteiger partial charge < -0.3 is 16.2 Å². The summed E-state index contributed by atoms with van der Waals surface area (Å²) in [6.45, 7) is -0.451. The van der Waals surface area contributed by atoms with Gasteiger partial charge in [-0.05, 0) is 12.1 Å². The molecule has 18 heavy (non-hydrogen) atoms. The Morgan fingerprint density at radius 3 is 2.78 bits per heavy atom. The van der Waals surface area contributed by atoms with Gasteiger partial charge in [0.25, 0.3) is 5.91 Å². The second-order valence-electron chi connectivity index (χ2n) is 3.69. The van der Waals surface area contributed by atoms with Crippen molar-refractivity contribution in [2.75, 3.05) is 12.3 Å². The summed E-state index contributed by atoms with van der Waals surface area (Å²) < 4.78 is 0. The summed E-state index contributed by atoms with van der Waals surface area (Å²) >= 11 is 0. The van der Waals surface area contributed by atoms with Crippen LogP contribution in [0.4, 0.5) is 5.69 Å². The number of anilines is 1. The highest BCUT2D eigenvalue weighted by molar-refractivity contribution is 5.99. The van der Waals surface area contributed by atoms with Crippen molar-refractivity contribution in [3.8, 4) is 0 Å². The first-order valence-electron chi connectivity index (χ1n) is 5.23. The highest BCUT2D eigenvalue weighted by Crippen LogP contribution is 2.19. The average Bonchev–Trinajstić information content (AvgIpc) is 2.36. The number of amides is 1. The molecule has 1 aromatic heterocycles. The second-order valence-corrected chi connectivity index (χ2v) is 3.69. The normalized spacial score (nSPS) is 10.2. The van der Waals surface area contributed by atoms with E-state index in [1.165, 1.54) is 6.07 Å². The van der Waals surface area contributed by atoms with E-state index in [1.54, 1.807) is 18.2 Å². The van der Waals surface area contributed by atoms with Crippen molar-refractivity contribution < 1.29 is 14.7 Å². The van der Waals surface area contributed by atoms with Gasteiger partial charge in [0.1, 0.15) is 12.2 Å².